The monoisotopic (exact) mass is 561 g/mol. The fourth-order valence-corrected chi connectivity index (χ4v) is 4.60. The van der Waals surface area contributed by atoms with Crippen molar-refractivity contribution < 1.29 is 14.3 Å². The average molecular weight is 562 g/mol. The third-order valence-electron chi connectivity index (χ3n) is 6.68. The number of aryl methyl sites for hydroxylation is 1. The zero-order valence-electron chi connectivity index (χ0n) is 22.6. The second kappa shape index (κ2) is 12.4. The van der Waals surface area contributed by atoms with Crippen LogP contribution in [0.25, 0.3) is 22.3 Å². The maximum atomic E-state index is 12.9. The second-order valence-corrected chi connectivity index (χ2v) is 10.6. The zero-order valence-corrected chi connectivity index (χ0v) is 23.3. The van der Waals surface area contributed by atoms with Crippen LogP contribution in [0.15, 0.2) is 54.9 Å². The van der Waals surface area contributed by atoms with Crippen LogP contribution in [0.2, 0.25) is 5.02 Å². The van der Waals surface area contributed by atoms with Crippen molar-refractivity contribution in [1.29, 1.82) is 0 Å². The molecule has 1 aliphatic carbocycles. The molecule has 0 atom stereocenters. The minimum atomic E-state index is -0.511. The summed E-state index contributed by atoms with van der Waals surface area (Å²) in [6.45, 7) is 1.88. The minimum Gasteiger partial charge on any atom is -0.410 e. The Bertz CT molecular complexity index is 1490. The molecule has 1 fully saturated rings. The molecule has 0 spiro atoms. The van der Waals surface area contributed by atoms with E-state index in [9.17, 15) is 9.59 Å². The standard InChI is InChI=1S/C29H32ClN7O3/c1-36(2)16-14-32-29(39)40-22-11-9-20(10-12-22)25-24(30)17-23-26(34-28(38)21-6-3-13-31-18-21)35-37(27(23)33-25)15-4-5-19-7-8-19/h3,6,9-13,17-19H,4-5,7-8,14-16H2,1-2H3,(H,32,39)(H,34,35,38). The van der Waals surface area contributed by atoms with Gasteiger partial charge >= 0.3 is 6.09 Å². The number of anilines is 1. The number of nitrogens with zero attached hydrogens (tertiary/aromatic N) is 5. The number of carbonyl (C=O) groups is 2. The number of benzene rings is 1. The van der Waals surface area contributed by atoms with Gasteiger partial charge in [0.25, 0.3) is 5.91 Å². The summed E-state index contributed by atoms with van der Waals surface area (Å²) in [7, 11) is 3.87. The van der Waals surface area contributed by atoms with Crippen molar-refractivity contribution in [3.63, 3.8) is 0 Å². The summed E-state index contributed by atoms with van der Waals surface area (Å²) in [4.78, 5) is 35.8. The van der Waals surface area contributed by atoms with E-state index in [0.29, 0.717) is 58.5 Å². The minimum absolute atomic E-state index is 0.306. The molecule has 4 aromatic rings. The molecule has 11 heteroatoms. The van der Waals surface area contributed by atoms with Gasteiger partial charge in [0.2, 0.25) is 0 Å². The molecule has 208 valence electrons. The van der Waals surface area contributed by atoms with Crippen molar-refractivity contribution in [2.75, 3.05) is 32.5 Å². The van der Waals surface area contributed by atoms with Gasteiger partial charge in [-0.3, -0.25) is 9.78 Å². The lowest BCUT2D eigenvalue weighted by Crippen LogP contribution is -2.33. The summed E-state index contributed by atoms with van der Waals surface area (Å²) in [6, 6.07) is 12.2. The van der Waals surface area contributed by atoms with Crippen LogP contribution in [0.5, 0.6) is 5.75 Å². The quantitative estimate of drug-likeness (QED) is 0.257. The van der Waals surface area contributed by atoms with E-state index in [-0.39, 0.29) is 5.91 Å². The van der Waals surface area contributed by atoms with Crippen molar-refractivity contribution in [1.82, 2.24) is 30.0 Å². The van der Waals surface area contributed by atoms with Crippen molar-refractivity contribution in [3.8, 4) is 17.0 Å². The lowest BCUT2D eigenvalue weighted by molar-refractivity contribution is 0.102. The number of hydrogen-bond donors (Lipinski definition) is 2. The first-order valence-electron chi connectivity index (χ1n) is 13.4. The fraction of sp³-hybridized carbons (Fsp3) is 0.345. The van der Waals surface area contributed by atoms with E-state index in [1.54, 1.807) is 48.7 Å². The summed E-state index contributed by atoms with van der Waals surface area (Å²) in [6.07, 6.45) is 7.32. The van der Waals surface area contributed by atoms with Gasteiger partial charge in [0.05, 0.1) is 21.7 Å². The topological polar surface area (TPSA) is 114 Å². The number of amides is 2. The molecule has 10 nitrogen and oxygen atoms in total. The van der Waals surface area contributed by atoms with Crippen LogP contribution in [-0.2, 0) is 6.54 Å². The predicted molar refractivity (Wildman–Crippen MR) is 155 cm³/mol. The maximum Gasteiger partial charge on any atom is 0.412 e. The Morgan fingerprint density at radius 1 is 1.18 bits per heavy atom. The average Bonchev–Trinajstić information content (AvgIpc) is 3.71. The first kappa shape index (κ1) is 27.5. The van der Waals surface area contributed by atoms with E-state index in [4.69, 9.17) is 26.4 Å². The van der Waals surface area contributed by atoms with Crippen molar-refractivity contribution in [2.24, 2.45) is 5.92 Å². The Balaban J connectivity index is 1.38. The number of likely N-dealkylation sites (N-methyl/N-ethyl adjacent to an activating group) is 1. The summed E-state index contributed by atoms with van der Waals surface area (Å²) < 4.78 is 7.21. The van der Waals surface area contributed by atoms with E-state index in [1.807, 2.05) is 23.7 Å². The van der Waals surface area contributed by atoms with Gasteiger partial charge in [0.15, 0.2) is 11.5 Å². The summed E-state index contributed by atoms with van der Waals surface area (Å²) in [5.41, 5.74) is 2.41. The van der Waals surface area contributed by atoms with Crippen LogP contribution < -0.4 is 15.4 Å². The Hall–Kier alpha value is -4.02. The Morgan fingerprint density at radius 2 is 1.98 bits per heavy atom. The molecule has 3 aromatic heterocycles. The molecule has 0 bridgehead atoms. The smallest absolute Gasteiger partial charge is 0.410 e. The van der Waals surface area contributed by atoms with Gasteiger partial charge in [0.1, 0.15) is 5.75 Å². The normalized spacial score (nSPS) is 13.0. The van der Waals surface area contributed by atoms with Crippen molar-refractivity contribution in [3.05, 3.63) is 65.4 Å². The number of nitrogens with one attached hydrogen (secondary N) is 2. The molecule has 3 heterocycles. The molecule has 2 N–H and O–H groups in total. The highest BCUT2D eigenvalue weighted by atomic mass is 35.5. The lowest BCUT2D eigenvalue weighted by Gasteiger charge is -2.11. The largest absolute Gasteiger partial charge is 0.412 e. The number of aromatic nitrogens is 4. The number of halogens is 1. The highest BCUT2D eigenvalue weighted by molar-refractivity contribution is 6.34. The third-order valence-corrected chi connectivity index (χ3v) is 6.97. The summed E-state index contributed by atoms with van der Waals surface area (Å²) in [5.74, 6) is 1.31. The zero-order chi connectivity index (χ0) is 28.1. The molecule has 0 unspecified atom stereocenters. The van der Waals surface area contributed by atoms with Gasteiger partial charge in [0, 0.05) is 37.6 Å². The molecule has 2 amide bonds. The van der Waals surface area contributed by atoms with Crippen LogP contribution in [0.3, 0.4) is 0 Å². The Morgan fingerprint density at radius 3 is 2.67 bits per heavy atom. The summed E-state index contributed by atoms with van der Waals surface area (Å²) >= 11 is 6.71. The molecule has 0 aliphatic heterocycles. The van der Waals surface area contributed by atoms with Gasteiger partial charge in [-0.15, -0.1) is 0 Å². The highest BCUT2D eigenvalue weighted by Gasteiger charge is 2.22. The van der Waals surface area contributed by atoms with Crippen LogP contribution in [0.4, 0.5) is 10.6 Å². The molecule has 0 saturated heterocycles. The first-order valence-corrected chi connectivity index (χ1v) is 13.7. The fourth-order valence-electron chi connectivity index (χ4n) is 4.34. The number of rotatable bonds is 11. The number of fused-ring (bicyclic) bond motifs is 1. The predicted octanol–water partition coefficient (Wildman–Crippen LogP) is 5.24. The van der Waals surface area contributed by atoms with Gasteiger partial charge in [-0.05, 0) is 75.3 Å². The number of hydrogen-bond acceptors (Lipinski definition) is 7. The van der Waals surface area contributed by atoms with Gasteiger partial charge < -0.3 is 20.3 Å². The molecule has 1 saturated carbocycles. The molecule has 0 radical (unpaired) electrons. The molecule has 40 heavy (non-hydrogen) atoms. The Kier molecular flexibility index (Phi) is 8.57. The number of carbonyl (C=O) groups excluding carboxylic acids is 2. The van der Waals surface area contributed by atoms with Crippen molar-refractivity contribution >= 4 is 40.5 Å². The van der Waals surface area contributed by atoms with E-state index >= 15 is 0 Å². The van der Waals surface area contributed by atoms with Crippen LogP contribution >= 0.6 is 11.6 Å². The molecule has 5 rings (SSSR count). The van der Waals surface area contributed by atoms with E-state index in [1.165, 1.54) is 19.0 Å². The first-order chi connectivity index (χ1) is 19.4. The van der Waals surface area contributed by atoms with E-state index in [2.05, 4.69) is 15.6 Å². The number of ether oxygens (including phenoxy) is 1. The van der Waals surface area contributed by atoms with Gasteiger partial charge in [-0.2, -0.15) is 5.10 Å². The van der Waals surface area contributed by atoms with Gasteiger partial charge in [-0.1, -0.05) is 24.4 Å². The van der Waals surface area contributed by atoms with Gasteiger partial charge in [-0.25, -0.2) is 14.5 Å². The second-order valence-electron chi connectivity index (χ2n) is 10.2. The van der Waals surface area contributed by atoms with Crippen LogP contribution in [-0.4, -0.2) is 63.8 Å². The third kappa shape index (κ3) is 6.94. The molecule has 1 aromatic carbocycles. The lowest BCUT2D eigenvalue weighted by atomic mass is 10.1. The maximum absolute atomic E-state index is 12.9. The molecule has 1 aliphatic rings. The SMILES string of the molecule is CN(C)CCNC(=O)Oc1ccc(-c2nc3c(cc2Cl)c(NC(=O)c2cccnc2)nn3CCCC2CC2)cc1. The van der Waals surface area contributed by atoms with Crippen LogP contribution in [0.1, 0.15) is 36.0 Å². The number of pyridine rings is 2. The molecular formula is C29H32ClN7O3. The summed E-state index contributed by atoms with van der Waals surface area (Å²) in [5, 5.41) is 11.4. The Labute approximate surface area is 237 Å². The van der Waals surface area contributed by atoms with E-state index < -0.39 is 6.09 Å². The van der Waals surface area contributed by atoms with Crippen LogP contribution in [0, 0.1) is 5.92 Å². The highest BCUT2D eigenvalue weighted by Crippen LogP contribution is 2.35. The molecular weight excluding hydrogens is 530 g/mol. The van der Waals surface area contributed by atoms with Crippen molar-refractivity contribution in [2.45, 2.75) is 32.2 Å². The van der Waals surface area contributed by atoms with E-state index in [0.717, 1.165) is 24.3 Å².